The zero-order valence-electron chi connectivity index (χ0n) is 13.0. The van der Waals surface area contributed by atoms with Crippen LogP contribution in [0, 0.1) is 11.3 Å². The van der Waals surface area contributed by atoms with Crippen molar-refractivity contribution in [1.29, 1.82) is 5.26 Å². The van der Waals surface area contributed by atoms with Crippen LogP contribution in [-0.2, 0) is 9.53 Å². The minimum Gasteiger partial charge on any atom is -0.379 e. The van der Waals surface area contributed by atoms with Crippen molar-refractivity contribution < 1.29 is 9.53 Å². The summed E-state index contributed by atoms with van der Waals surface area (Å²) in [6.07, 6.45) is 1.35. The summed E-state index contributed by atoms with van der Waals surface area (Å²) in [5.41, 5.74) is 0.626. The maximum Gasteiger partial charge on any atom is 0.263 e. The topological polar surface area (TPSA) is 77.4 Å². The Bertz CT molecular complexity index is 652. The van der Waals surface area contributed by atoms with Crippen molar-refractivity contribution in [3.05, 3.63) is 40.0 Å². The lowest BCUT2D eigenvalue weighted by Gasteiger charge is -2.26. The average Bonchev–Trinajstić information content (AvgIpc) is 2.59. The van der Waals surface area contributed by atoms with Gasteiger partial charge in [-0.2, -0.15) is 5.26 Å². The molecule has 8 heteroatoms. The van der Waals surface area contributed by atoms with Gasteiger partial charge in [0.15, 0.2) is 0 Å². The van der Waals surface area contributed by atoms with Crippen LogP contribution in [0.4, 0.5) is 5.69 Å². The molecule has 24 heavy (non-hydrogen) atoms. The number of hydrogen-bond acceptors (Lipinski definition) is 5. The summed E-state index contributed by atoms with van der Waals surface area (Å²) >= 11 is 11.8. The molecular weight excluding hydrogens is 351 g/mol. The number of halogens is 2. The molecule has 0 aromatic heterocycles. The zero-order chi connectivity index (χ0) is 17.4. The van der Waals surface area contributed by atoms with Gasteiger partial charge in [-0.25, -0.2) is 0 Å². The number of nitrogens with one attached hydrogen (secondary N) is 2. The molecular formula is C16H18Cl2N4O2. The Kier molecular flexibility index (Phi) is 7.35. The predicted octanol–water partition coefficient (Wildman–Crippen LogP) is 2.26. The molecule has 1 amide bonds. The highest BCUT2D eigenvalue weighted by molar-refractivity contribution is 6.42. The van der Waals surface area contributed by atoms with Crippen molar-refractivity contribution in [3.63, 3.8) is 0 Å². The molecule has 0 spiro atoms. The molecule has 0 bridgehead atoms. The molecule has 1 saturated heterocycles. The highest BCUT2D eigenvalue weighted by Gasteiger charge is 2.12. The Morgan fingerprint density at radius 1 is 1.33 bits per heavy atom. The van der Waals surface area contributed by atoms with Crippen molar-refractivity contribution in [2.24, 2.45) is 0 Å². The molecule has 0 radical (unpaired) electrons. The maximum absolute atomic E-state index is 12.0. The first-order valence-electron chi connectivity index (χ1n) is 7.50. The molecule has 1 aromatic carbocycles. The number of carbonyl (C=O) groups excluding carboxylic acids is 1. The average molecular weight is 369 g/mol. The number of amides is 1. The molecule has 128 valence electrons. The number of carbonyl (C=O) groups is 1. The molecule has 1 aliphatic rings. The van der Waals surface area contributed by atoms with Crippen molar-refractivity contribution >= 4 is 34.8 Å². The van der Waals surface area contributed by atoms with E-state index in [0.29, 0.717) is 35.5 Å². The van der Waals surface area contributed by atoms with Crippen molar-refractivity contribution in [2.45, 2.75) is 0 Å². The first-order valence-corrected chi connectivity index (χ1v) is 8.26. The van der Waals surface area contributed by atoms with Crippen LogP contribution in [-0.4, -0.2) is 50.2 Å². The van der Waals surface area contributed by atoms with E-state index in [0.717, 1.165) is 19.6 Å². The Balaban J connectivity index is 1.83. The van der Waals surface area contributed by atoms with E-state index in [9.17, 15) is 4.79 Å². The lowest BCUT2D eigenvalue weighted by molar-refractivity contribution is -0.117. The van der Waals surface area contributed by atoms with Gasteiger partial charge in [0.25, 0.3) is 5.91 Å². The summed E-state index contributed by atoms with van der Waals surface area (Å²) in [4.78, 5) is 14.2. The van der Waals surface area contributed by atoms with Gasteiger partial charge in [-0.1, -0.05) is 23.2 Å². The molecule has 1 aromatic rings. The van der Waals surface area contributed by atoms with Gasteiger partial charge in [-0.05, 0) is 18.2 Å². The van der Waals surface area contributed by atoms with Crippen LogP contribution in [0.2, 0.25) is 10.0 Å². The van der Waals surface area contributed by atoms with E-state index < -0.39 is 5.91 Å². The third kappa shape index (κ3) is 5.69. The summed E-state index contributed by atoms with van der Waals surface area (Å²) in [5, 5.41) is 15.6. The lowest BCUT2D eigenvalue weighted by Crippen LogP contribution is -2.41. The molecule has 2 rings (SSSR count). The van der Waals surface area contributed by atoms with Crippen LogP contribution in [0.15, 0.2) is 30.0 Å². The molecule has 1 aliphatic heterocycles. The van der Waals surface area contributed by atoms with Gasteiger partial charge in [0.1, 0.15) is 11.6 Å². The van der Waals surface area contributed by atoms with Gasteiger partial charge >= 0.3 is 0 Å². The van der Waals surface area contributed by atoms with Crippen LogP contribution in [0.3, 0.4) is 0 Å². The number of rotatable bonds is 6. The molecule has 0 atom stereocenters. The van der Waals surface area contributed by atoms with Crippen molar-refractivity contribution in [3.8, 4) is 6.07 Å². The summed E-state index contributed by atoms with van der Waals surface area (Å²) < 4.78 is 5.27. The first kappa shape index (κ1) is 18.6. The molecule has 0 unspecified atom stereocenters. The van der Waals surface area contributed by atoms with Gasteiger partial charge in [0.05, 0.1) is 23.3 Å². The molecule has 1 heterocycles. The third-order valence-corrected chi connectivity index (χ3v) is 4.22. The number of nitriles is 1. The fourth-order valence-corrected chi connectivity index (χ4v) is 2.44. The third-order valence-electron chi connectivity index (χ3n) is 3.49. The Morgan fingerprint density at radius 3 is 2.75 bits per heavy atom. The lowest BCUT2D eigenvalue weighted by atomic mass is 10.2. The van der Waals surface area contributed by atoms with Gasteiger partial charge in [-0.3, -0.25) is 9.69 Å². The molecule has 0 saturated carbocycles. The first-order chi connectivity index (χ1) is 11.6. The highest BCUT2D eigenvalue weighted by atomic mass is 35.5. The molecule has 6 nitrogen and oxygen atoms in total. The van der Waals surface area contributed by atoms with Crippen LogP contribution >= 0.6 is 23.2 Å². The van der Waals surface area contributed by atoms with E-state index in [-0.39, 0.29) is 5.57 Å². The largest absolute Gasteiger partial charge is 0.379 e. The number of benzene rings is 1. The van der Waals surface area contributed by atoms with E-state index in [2.05, 4.69) is 15.5 Å². The van der Waals surface area contributed by atoms with E-state index in [1.165, 1.54) is 6.20 Å². The predicted molar refractivity (Wildman–Crippen MR) is 94.0 cm³/mol. The van der Waals surface area contributed by atoms with Gasteiger partial charge in [0, 0.05) is 38.1 Å². The van der Waals surface area contributed by atoms with Crippen molar-refractivity contribution in [1.82, 2.24) is 10.2 Å². The minimum atomic E-state index is -0.418. The quantitative estimate of drug-likeness (QED) is 0.594. The highest BCUT2D eigenvalue weighted by Crippen LogP contribution is 2.25. The summed E-state index contributed by atoms with van der Waals surface area (Å²) in [7, 11) is 0. The second-order valence-corrected chi connectivity index (χ2v) is 5.97. The second-order valence-electron chi connectivity index (χ2n) is 5.15. The Hall–Kier alpha value is -1.78. The molecule has 1 fully saturated rings. The zero-order valence-corrected chi connectivity index (χ0v) is 14.5. The Morgan fingerprint density at radius 2 is 2.08 bits per heavy atom. The van der Waals surface area contributed by atoms with Gasteiger partial charge < -0.3 is 15.4 Å². The second kappa shape index (κ2) is 9.50. The van der Waals surface area contributed by atoms with Gasteiger partial charge in [0.2, 0.25) is 0 Å². The van der Waals surface area contributed by atoms with Gasteiger partial charge in [-0.15, -0.1) is 0 Å². The van der Waals surface area contributed by atoms with Crippen LogP contribution < -0.4 is 10.6 Å². The number of hydrogen-bond donors (Lipinski definition) is 2. The number of ether oxygens (including phenoxy) is 1. The van der Waals surface area contributed by atoms with E-state index in [1.54, 1.807) is 18.2 Å². The summed E-state index contributed by atoms with van der Waals surface area (Å²) in [5.74, 6) is -0.418. The van der Waals surface area contributed by atoms with E-state index >= 15 is 0 Å². The number of anilines is 1. The fourth-order valence-electron chi connectivity index (χ4n) is 2.14. The smallest absolute Gasteiger partial charge is 0.263 e. The monoisotopic (exact) mass is 368 g/mol. The van der Waals surface area contributed by atoms with Crippen LogP contribution in [0.25, 0.3) is 0 Å². The minimum absolute atomic E-state index is 0.0111. The Labute approximate surface area is 151 Å². The fraction of sp³-hybridized carbons (Fsp3) is 0.375. The number of morpholine rings is 1. The molecule has 0 aliphatic carbocycles. The van der Waals surface area contributed by atoms with Crippen LogP contribution in [0.5, 0.6) is 0 Å². The summed E-state index contributed by atoms with van der Waals surface area (Å²) in [6.45, 7) is 4.35. The van der Waals surface area contributed by atoms with Crippen molar-refractivity contribution in [2.75, 3.05) is 44.7 Å². The van der Waals surface area contributed by atoms with Crippen LogP contribution in [0.1, 0.15) is 0 Å². The normalized spacial score (nSPS) is 15.6. The SMILES string of the molecule is N#C/C(=C/Nc1ccc(Cl)c(Cl)c1)C(=O)NCCN1CCOCC1. The maximum atomic E-state index is 12.0. The molecule has 2 N–H and O–H groups in total. The number of nitrogens with zero attached hydrogens (tertiary/aromatic N) is 2. The van der Waals surface area contributed by atoms with E-state index in [4.69, 9.17) is 33.2 Å². The standard InChI is InChI=1S/C16H18Cl2N4O2/c17-14-2-1-13(9-15(14)18)21-11-12(10-19)16(23)20-3-4-22-5-7-24-8-6-22/h1-2,9,11,21H,3-8H2,(H,20,23)/b12-11-. The van der Waals surface area contributed by atoms with E-state index in [1.807, 2.05) is 6.07 Å². The summed E-state index contributed by atoms with van der Waals surface area (Å²) in [6, 6.07) is 6.84.